The molecule has 0 bridgehead atoms. The number of methoxy groups -OCH3 is 2. The molecule has 4 rings (SSSR count). The minimum Gasteiger partial charge on any atom is -0.493 e. The van der Waals surface area contributed by atoms with Crippen molar-refractivity contribution >= 4 is 23.2 Å². The molecule has 0 unspecified atom stereocenters. The lowest BCUT2D eigenvalue weighted by molar-refractivity contribution is 0.222. The van der Waals surface area contributed by atoms with Crippen LogP contribution < -0.4 is 9.47 Å². The van der Waals surface area contributed by atoms with Crippen LogP contribution in [0.5, 0.6) is 11.5 Å². The molecule has 1 saturated heterocycles. The molecule has 1 aromatic heterocycles. The highest BCUT2D eigenvalue weighted by Crippen LogP contribution is 2.27. The molecule has 29 heavy (non-hydrogen) atoms. The van der Waals surface area contributed by atoms with E-state index in [-0.39, 0.29) is 0 Å². The van der Waals surface area contributed by atoms with E-state index < -0.39 is 0 Å². The van der Waals surface area contributed by atoms with Gasteiger partial charge in [0.25, 0.3) is 0 Å². The minimum atomic E-state index is 0.690. The SMILES string of the molecule is COc1ccc(C=Nc2nc3ccccc3n2CCN2CCCCC2)cc1OC. The van der Waals surface area contributed by atoms with Crippen LogP contribution in [0.1, 0.15) is 24.8 Å². The van der Waals surface area contributed by atoms with Crippen molar-refractivity contribution < 1.29 is 9.47 Å². The molecular formula is C23H28N4O2. The lowest BCUT2D eigenvalue weighted by atomic mass is 10.1. The summed E-state index contributed by atoms with van der Waals surface area (Å²) in [6.45, 7) is 4.30. The Morgan fingerprint density at radius 3 is 2.55 bits per heavy atom. The zero-order valence-electron chi connectivity index (χ0n) is 17.2. The molecule has 0 spiro atoms. The first kappa shape index (κ1) is 19.5. The fourth-order valence-electron chi connectivity index (χ4n) is 3.87. The van der Waals surface area contributed by atoms with Gasteiger partial charge < -0.3 is 18.9 Å². The van der Waals surface area contributed by atoms with Gasteiger partial charge in [-0.2, -0.15) is 0 Å². The van der Waals surface area contributed by atoms with E-state index >= 15 is 0 Å². The minimum absolute atomic E-state index is 0.690. The molecule has 0 aliphatic carbocycles. The first-order valence-corrected chi connectivity index (χ1v) is 10.2. The standard InChI is InChI=1S/C23H28N4O2/c1-28-21-11-10-18(16-22(21)29-2)17-24-23-25-19-8-4-5-9-20(19)27(23)15-14-26-12-6-3-7-13-26/h4-5,8-11,16-17H,3,6-7,12-15H2,1-2H3. The molecular weight excluding hydrogens is 364 g/mol. The molecule has 0 radical (unpaired) electrons. The van der Waals surface area contributed by atoms with Gasteiger partial charge in [-0.05, 0) is 61.8 Å². The summed E-state index contributed by atoms with van der Waals surface area (Å²) < 4.78 is 12.9. The highest BCUT2D eigenvalue weighted by atomic mass is 16.5. The summed E-state index contributed by atoms with van der Waals surface area (Å²) in [7, 11) is 3.27. The summed E-state index contributed by atoms with van der Waals surface area (Å²) in [6.07, 6.45) is 5.79. The van der Waals surface area contributed by atoms with Crippen molar-refractivity contribution in [2.24, 2.45) is 4.99 Å². The first-order chi connectivity index (χ1) is 14.3. The normalized spacial score (nSPS) is 15.2. The molecule has 3 aromatic rings. The molecule has 2 heterocycles. The van der Waals surface area contributed by atoms with Crippen LogP contribution in [0.4, 0.5) is 5.95 Å². The number of rotatable bonds is 7. The van der Waals surface area contributed by atoms with Crippen molar-refractivity contribution in [1.82, 2.24) is 14.5 Å². The van der Waals surface area contributed by atoms with Gasteiger partial charge in [-0.1, -0.05) is 18.6 Å². The van der Waals surface area contributed by atoms with E-state index in [0.717, 1.165) is 35.6 Å². The Bertz CT molecular complexity index is 990. The maximum atomic E-state index is 5.39. The van der Waals surface area contributed by atoms with E-state index in [9.17, 15) is 0 Å². The van der Waals surface area contributed by atoms with E-state index in [2.05, 4.69) is 21.6 Å². The average molecular weight is 393 g/mol. The summed E-state index contributed by atoms with van der Waals surface area (Å²) in [5, 5.41) is 0. The highest BCUT2D eigenvalue weighted by molar-refractivity contribution is 5.84. The zero-order chi connectivity index (χ0) is 20.1. The highest BCUT2D eigenvalue weighted by Gasteiger charge is 2.13. The van der Waals surface area contributed by atoms with Crippen molar-refractivity contribution in [3.63, 3.8) is 0 Å². The van der Waals surface area contributed by atoms with Crippen LogP contribution >= 0.6 is 0 Å². The number of hydrogen-bond acceptors (Lipinski definition) is 5. The lowest BCUT2D eigenvalue weighted by Gasteiger charge is -2.26. The van der Waals surface area contributed by atoms with Crippen molar-refractivity contribution in [3.8, 4) is 11.5 Å². The predicted octanol–water partition coefficient (Wildman–Crippen LogP) is 4.29. The lowest BCUT2D eigenvalue weighted by Crippen LogP contribution is -2.32. The van der Waals surface area contributed by atoms with Gasteiger partial charge in [0.05, 0.1) is 25.3 Å². The number of hydrogen-bond donors (Lipinski definition) is 0. The van der Waals surface area contributed by atoms with Crippen molar-refractivity contribution in [2.75, 3.05) is 33.9 Å². The number of fused-ring (bicyclic) bond motifs is 1. The van der Waals surface area contributed by atoms with Gasteiger partial charge in [0.2, 0.25) is 5.95 Å². The fraction of sp³-hybridized carbons (Fsp3) is 0.391. The second-order valence-corrected chi connectivity index (χ2v) is 7.33. The van der Waals surface area contributed by atoms with Gasteiger partial charge in [0, 0.05) is 19.3 Å². The molecule has 1 aliphatic heterocycles. The molecule has 0 atom stereocenters. The molecule has 1 aliphatic rings. The average Bonchev–Trinajstić information content (AvgIpc) is 3.14. The number of nitrogens with zero attached hydrogens (tertiary/aromatic N) is 4. The second kappa shape index (κ2) is 9.09. The van der Waals surface area contributed by atoms with Crippen LogP contribution in [0, 0.1) is 0 Å². The Kier molecular flexibility index (Phi) is 6.10. The van der Waals surface area contributed by atoms with E-state index in [0.29, 0.717) is 11.5 Å². The summed E-state index contributed by atoms with van der Waals surface area (Å²) in [4.78, 5) is 12.0. The van der Waals surface area contributed by atoms with E-state index in [1.807, 2.05) is 36.5 Å². The molecule has 0 saturated carbocycles. The van der Waals surface area contributed by atoms with E-state index in [1.165, 1.54) is 32.4 Å². The Morgan fingerprint density at radius 1 is 0.966 bits per heavy atom. The van der Waals surface area contributed by atoms with Gasteiger partial charge in [-0.3, -0.25) is 0 Å². The number of ether oxygens (including phenoxy) is 2. The van der Waals surface area contributed by atoms with Crippen LogP contribution in [0.2, 0.25) is 0 Å². The van der Waals surface area contributed by atoms with Crippen molar-refractivity contribution in [3.05, 3.63) is 48.0 Å². The Labute approximate surface area is 171 Å². The number of imidazole rings is 1. The smallest absolute Gasteiger partial charge is 0.230 e. The summed E-state index contributed by atoms with van der Waals surface area (Å²) in [6, 6.07) is 14.0. The predicted molar refractivity (Wildman–Crippen MR) is 117 cm³/mol. The van der Waals surface area contributed by atoms with Gasteiger partial charge in [0.15, 0.2) is 11.5 Å². The molecule has 0 N–H and O–H groups in total. The summed E-state index contributed by atoms with van der Waals surface area (Å²) in [5.74, 6) is 2.13. The topological polar surface area (TPSA) is 51.9 Å². The summed E-state index contributed by atoms with van der Waals surface area (Å²) >= 11 is 0. The quantitative estimate of drug-likeness (QED) is 0.563. The number of piperidine rings is 1. The molecule has 152 valence electrons. The largest absolute Gasteiger partial charge is 0.493 e. The maximum Gasteiger partial charge on any atom is 0.230 e. The van der Waals surface area contributed by atoms with Crippen LogP contribution in [-0.4, -0.2) is 54.5 Å². The third-order valence-electron chi connectivity index (χ3n) is 5.46. The second-order valence-electron chi connectivity index (χ2n) is 7.33. The third kappa shape index (κ3) is 4.43. The van der Waals surface area contributed by atoms with Gasteiger partial charge in [0.1, 0.15) is 0 Å². The third-order valence-corrected chi connectivity index (χ3v) is 5.46. The van der Waals surface area contributed by atoms with Crippen LogP contribution in [0.15, 0.2) is 47.5 Å². The molecule has 1 fully saturated rings. The number of aromatic nitrogens is 2. The van der Waals surface area contributed by atoms with Gasteiger partial charge in [-0.15, -0.1) is 0 Å². The van der Waals surface area contributed by atoms with Gasteiger partial charge in [-0.25, -0.2) is 9.98 Å². The number of para-hydroxylation sites is 2. The van der Waals surface area contributed by atoms with E-state index in [4.69, 9.17) is 19.5 Å². The molecule has 2 aromatic carbocycles. The van der Waals surface area contributed by atoms with Crippen LogP contribution in [0.25, 0.3) is 11.0 Å². The van der Waals surface area contributed by atoms with Crippen molar-refractivity contribution in [2.45, 2.75) is 25.8 Å². The zero-order valence-corrected chi connectivity index (χ0v) is 17.2. The first-order valence-electron chi connectivity index (χ1n) is 10.2. The van der Waals surface area contributed by atoms with E-state index in [1.54, 1.807) is 14.2 Å². The fourth-order valence-corrected chi connectivity index (χ4v) is 3.87. The van der Waals surface area contributed by atoms with Crippen LogP contribution in [0.3, 0.4) is 0 Å². The monoisotopic (exact) mass is 392 g/mol. The number of likely N-dealkylation sites (tertiary alicyclic amines) is 1. The Morgan fingerprint density at radius 2 is 1.76 bits per heavy atom. The van der Waals surface area contributed by atoms with Gasteiger partial charge >= 0.3 is 0 Å². The Hall–Kier alpha value is -2.86. The molecule has 6 heteroatoms. The summed E-state index contributed by atoms with van der Waals surface area (Å²) in [5.41, 5.74) is 3.05. The molecule has 0 amide bonds. The maximum absolute atomic E-state index is 5.39. The Balaban J connectivity index is 1.60. The van der Waals surface area contributed by atoms with Crippen LogP contribution in [-0.2, 0) is 6.54 Å². The number of benzene rings is 2. The number of aliphatic imine (C=N–C) groups is 1. The van der Waals surface area contributed by atoms with Crippen molar-refractivity contribution in [1.29, 1.82) is 0 Å². The molecule has 6 nitrogen and oxygen atoms in total.